The van der Waals surface area contributed by atoms with Crippen LogP contribution in [0.15, 0.2) is 17.4 Å². The monoisotopic (exact) mass is 266 g/mol. The molecule has 1 aromatic heterocycles. The fourth-order valence-corrected chi connectivity index (χ4v) is 1.95. The van der Waals surface area contributed by atoms with E-state index in [2.05, 4.69) is 9.97 Å². The van der Waals surface area contributed by atoms with Crippen molar-refractivity contribution in [3.8, 4) is 0 Å². The first kappa shape index (κ1) is 14.2. The van der Waals surface area contributed by atoms with Gasteiger partial charge in [0.25, 0.3) is 0 Å². The molecule has 17 heavy (non-hydrogen) atoms. The lowest BCUT2D eigenvalue weighted by atomic mass is 10.3. The Balaban J connectivity index is 2.44. The maximum absolute atomic E-state index is 12.3. The van der Waals surface area contributed by atoms with Crippen LogP contribution < -0.4 is 0 Å². The van der Waals surface area contributed by atoms with Gasteiger partial charge in [-0.05, 0) is 18.9 Å². The minimum absolute atomic E-state index is 0.142. The summed E-state index contributed by atoms with van der Waals surface area (Å²) in [5, 5.41) is 8.69. The van der Waals surface area contributed by atoms with Crippen molar-refractivity contribution in [2.75, 3.05) is 12.4 Å². The topological polar surface area (TPSA) is 46.0 Å². The van der Waals surface area contributed by atoms with E-state index in [4.69, 9.17) is 5.11 Å². The smallest absolute Gasteiger partial charge is 0.396 e. The molecule has 0 radical (unpaired) electrons. The molecule has 0 fully saturated rings. The quantitative estimate of drug-likeness (QED) is 0.488. The first-order valence-electron chi connectivity index (χ1n) is 5.18. The van der Waals surface area contributed by atoms with Gasteiger partial charge in [0.05, 0.1) is 0 Å². The number of thioether (sulfide) groups is 1. The van der Waals surface area contributed by atoms with Crippen LogP contribution in [0.5, 0.6) is 0 Å². The van der Waals surface area contributed by atoms with Crippen molar-refractivity contribution in [2.24, 2.45) is 0 Å². The number of nitrogens with zero attached hydrogens (tertiary/aromatic N) is 2. The molecule has 3 nitrogen and oxygen atoms in total. The van der Waals surface area contributed by atoms with Gasteiger partial charge in [0.15, 0.2) is 5.16 Å². The Hall–Kier alpha value is -0.820. The second kappa shape index (κ2) is 6.80. The molecule has 0 atom stereocenters. The molecule has 1 heterocycles. The van der Waals surface area contributed by atoms with Crippen LogP contribution in [-0.2, 0) is 6.18 Å². The van der Waals surface area contributed by atoms with Crippen LogP contribution in [-0.4, -0.2) is 27.4 Å². The van der Waals surface area contributed by atoms with Gasteiger partial charge in [0.2, 0.25) is 0 Å². The molecule has 0 bridgehead atoms. The maximum Gasteiger partial charge on any atom is 0.433 e. The molecule has 0 saturated carbocycles. The summed E-state index contributed by atoms with van der Waals surface area (Å²) in [6, 6.07) is 0.857. The number of aliphatic hydroxyl groups excluding tert-OH is 1. The lowest BCUT2D eigenvalue weighted by Crippen LogP contribution is -2.08. The van der Waals surface area contributed by atoms with Crippen molar-refractivity contribution in [3.05, 3.63) is 18.0 Å². The number of hydrogen-bond donors (Lipinski definition) is 1. The zero-order valence-electron chi connectivity index (χ0n) is 9.07. The molecule has 96 valence electrons. The van der Waals surface area contributed by atoms with E-state index in [1.807, 2.05) is 0 Å². The standard InChI is InChI=1S/C10H13F3N2OS/c11-10(12,13)8-4-5-14-9(15-8)17-7-3-1-2-6-16/h4-5,16H,1-3,6-7H2. The van der Waals surface area contributed by atoms with Gasteiger partial charge in [-0.2, -0.15) is 13.2 Å². The molecule has 0 aromatic carbocycles. The van der Waals surface area contributed by atoms with Crippen LogP contribution >= 0.6 is 11.8 Å². The van der Waals surface area contributed by atoms with E-state index in [0.29, 0.717) is 12.2 Å². The third-order valence-corrected chi connectivity index (χ3v) is 2.91. The minimum atomic E-state index is -4.42. The molecule has 7 heteroatoms. The van der Waals surface area contributed by atoms with E-state index in [1.54, 1.807) is 0 Å². The lowest BCUT2D eigenvalue weighted by molar-refractivity contribution is -0.141. The summed E-state index contributed by atoms with van der Waals surface area (Å²) in [5.74, 6) is 0.654. The van der Waals surface area contributed by atoms with E-state index < -0.39 is 11.9 Å². The third-order valence-electron chi connectivity index (χ3n) is 1.96. The minimum Gasteiger partial charge on any atom is -0.396 e. The summed E-state index contributed by atoms with van der Waals surface area (Å²) in [4.78, 5) is 7.21. The fraction of sp³-hybridized carbons (Fsp3) is 0.600. The summed E-state index contributed by atoms with van der Waals surface area (Å²) < 4.78 is 37.0. The molecule has 0 spiro atoms. The number of aromatic nitrogens is 2. The number of aliphatic hydroxyl groups is 1. The number of hydrogen-bond acceptors (Lipinski definition) is 4. The Morgan fingerprint density at radius 3 is 2.65 bits per heavy atom. The van der Waals surface area contributed by atoms with Crippen LogP contribution in [0.1, 0.15) is 25.0 Å². The van der Waals surface area contributed by atoms with Gasteiger partial charge in [-0.15, -0.1) is 0 Å². The van der Waals surface area contributed by atoms with Crippen LogP contribution in [0, 0.1) is 0 Å². The van der Waals surface area contributed by atoms with E-state index in [-0.39, 0.29) is 11.8 Å². The Morgan fingerprint density at radius 1 is 1.24 bits per heavy atom. The molecule has 0 amide bonds. The lowest BCUT2D eigenvalue weighted by Gasteiger charge is -2.06. The molecule has 1 rings (SSSR count). The highest BCUT2D eigenvalue weighted by Gasteiger charge is 2.32. The molecule has 0 saturated heterocycles. The third kappa shape index (κ3) is 5.36. The van der Waals surface area contributed by atoms with Crippen LogP contribution in [0.3, 0.4) is 0 Å². The number of halogens is 3. The summed E-state index contributed by atoms with van der Waals surface area (Å²) >= 11 is 1.20. The predicted octanol–water partition coefficient (Wildman–Crippen LogP) is 2.75. The zero-order valence-corrected chi connectivity index (χ0v) is 9.89. The highest BCUT2D eigenvalue weighted by molar-refractivity contribution is 7.99. The van der Waals surface area contributed by atoms with Crippen LogP contribution in [0.25, 0.3) is 0 Å². The highest BCUT2D eigenvalue weighted by Crippen LogP contribution is 2.28. The number of rotatable bonds is 6. The second-order valence-corrected chi connectivity index (χ2v) is 4.42. The van der Waals surface area contributed by atoms with Gasteiger partial charge < -0.3 is 5.11 Å². The van der Waals surface area contributed by atoms with Crippen molar-refractivity contribution in [3.63, 3.8) is 0 Å². The summed E-state index contributed by atoms with van der Waals surface area (Å²) in [7, 11) is 0. The molecular formula is C10H13F3N2OS. The SMILES string of the molecule is OCCCCCSc1nccc(C(F)(F)F)n1. The molecule has 0 aliphatic rings. The predicted molar refractivity (Wildman–Crippen MR) is 58.7 cm³/mol. The Bertz CT molecular complexity index is 347. The average Bonchev–Trinajstić information content (AvgIpc) is 2.28. The van der Waals surface area contributed by atoms with Gasteiger partial charge >= 0.3 is 6.18 Å². The number of unbranched alkanes of at least 4 members (excludes halogenated alkanes) is 2. The highest BCUT2D eigenvalue weighted by atomic mass is 32.2. The maximum atomic E-state index is 12.3. The van der Waals surface area contributed by atoms with Gasteiger partial charge in [0.1, 0.15) is 5.69 Å². The van der Waals surface area contributed by atoms with Crippen molar-refractivity contribution in [1.29, 1.82) is 0 Å². The number of alkyl halides is 3. The molecule has 0 aliphatic heterocycles. The Morgan fingerprint density at radius 2 is 2.00 bits per heavy atom. The molecular weight excluding hydrogens is 253 g/mol. The van der Waals surface area contributed by atoms with Crippen molar-refractivity contribution < 1.29 is 18.3 Å². The fourth-order valence-electron chi connectivity index (χ4n) is 1.12. The van der Waals surface area contributed by atoms with E-state index in [1.165, 1.54) is 11.8 Å². The van der Waals surface area contributed by atoms with Crippen molar-refractivity contribution >= 4 is 11.8 Å². The average molecular weight is 266 g/mol. The van der Waals surface area contributed by atoms with Gasteiger partial charge in [-0.3, -0.25) is 0 Å². The van der Waals surface area contributed by atoms with Crippen LogP contribution in [0.4, 0.5) is 13.2 Å². The van der Waals surface area contributed by atoms with Gasteiger partial charge in [-0.25, -0.2) is 9.97 Å². The summed E-state index contributed by atoms with van der Waals surface area (Å²) in [6.07, 6.45) is -0.918. The van der Waals surface area contributed by atoms with Crippen molar-refractivity contribution in [1.82, 2.24) is 9.97 Å². The molecule has 0 unspecified atom stereocenters. The second-order valence-electron chi connectivity index (χ2n) is 3.35. The zero-order chi connectivity index (χ0) is 12.7. The van der Waals surface area contributed by atoms with Crippen LogP contribution in [0.2, 0.25) is 0 Å². The summed E-state index contributed by atoms with van der Waals surface area (Å²) in [5.41, 5.74) is -0.912. The Labute approximate surface area is 101 Å². The summed E-state index contributed by atoms with van der Waals surface area (Å²) in [6.45, 7) is 0.144. The van der Waals surface area contributed by atoms with Gasteiger partial charge in [-0.1, -0.05) is 18.2 Å². The van der Waals surface area contributed by atoms with E-state index in [9.17, 15) is 13.2 Å². The van der Waals surface area contributed by atoms with E-state index >= 15 is 0 Å². The molecule has 1 aromatic rings. The normalized spacial score (nSPS) is 11.8. The molecule has 1 N–H and O–H groups in total. The molecule has 0 aliphatic carbocycles. The van der Waals surface area contributed by atoms with E-state index in [0.717, 1.165) is 25.1 Å². The first-order chi connectivity index (χ1) is 8.04. The van der Waals surface area contributed by atoms with Crippen molar-refractivity contribution in [2.45, 2.75) is 30.6 Å². The Kier molecular flexibility index (Phi) is 5.70. The first-order valence-corrected chi connectivity index (χ1v) is 6.16. The van der Waals surface area contributed by atoms with Gasteiger partial charge in [0, 0.05) is 18.6 Å². The largest absolute Gasteiger partial charge is 0.433 e.